The van der Waals surface area contributed by atoms with Crippen LogP contribution < -0.4 is 5.32 Å². The largest absolute Gasteiger partial charge is 0.352 e. The quantitative estimate of drug-likeness (QED) is 0.471. The highest BCUT2D eigenvalue weighted by molar-refractivity contribution is 5.64. The number of para-hydroxylation sites is 1. The Labute approximate surface area is 97.7 Å². The van der Waals surface area contributed by atoms with Gasteiger partial charge in [0.1, 0.15) is 0 Å². The molecule has 6 heteroatoms. The Balaban J connectivity index is 2.29. The standard InChI is InChI=1S/C11H12N2O4/c14-8-11(12-5-6-17-11)7-9-3-1-2-4-10(9)13(15)16/h1-4,8,12H,5-7H2. The lowest BCUT2D eigenvalue weighted by molar-refractivity contribution is -0.385. The molecule has 0 spiro atoms. The van der Waals surface area contributed by atoms with Crippen molar-refractivity contribution in [3.8, 4) is 0 Å². The van der Waals surface area contributed by atoms with Crippen LogP contribution in [0.15, 0.2) is 24.3 Å². The molecular formula is C11H12N2O4. The van der Waals surface area contributed by atoms with E-state index in [2.05, 4.69) is 5.32 Å². The minimum absolute atomic E-state index is 0.00558. The van der Waals surface area contributed by atoms with Gasteiger partial charge in [-0.3, -0.25) is 20.2 Å². The molecule has 0 amide bonds. The van der Waals surface area contributed by atoms with Gasteiger partial charge in [0.05, 0.1) is 11.5 Å². The number of nitro groups is 1. The third-order valence-corrected chi connectivity index (χ3v) is 2.72. The van der Waals surface area contributed by atoms with E-state index in [9.17, 15) is 14.9 Å². The van der Waals surface area contributed by atoms with Crippen molar-refractivity contribution >= 4 is 12.0 Å². The molecule has 2 rings (SSSR count). The first kappa shape index (κ1) is 11.7. The monoisotopic (exact) mass is 236 g/mol. The van der Waals surface area contributed by atoms with E-state index in [-0.39, 0.29) is 12.1 Å². The molecule has 0 aliphatic carbocycles. The molecule has 0 saturated carbocycles. The molecule has 90 valence electrons. The molecule has 1 aliphatic heterocycles. The van der Waals surface area contributed by atoms with E-state index < -0.39 is 10.6 Å². The van der Waals surface area contributed by atoms with Gasteiger partial charge in [-0.25, -0.2) is 0 Å². The van der Waals surface area contributed by atoms with Crippen LogP contribution in [0.1, 0.15) is 5.56 Å². The number of carbonyl (C=O) groups is 1. The number of aldehydes is 1. The molecule has 1 unspecified atom stereocenters. The van der Waals surface area contributed by atoms with Gasteiger partial charge in [-0.1, -0.05) is 18.2 Å². The minimum atomic E-state index is -1.12. The predicted molar refractivity (Wildman–Crippen MR) is 59.6 cm³/mol. The predicted octanol–water partition coefficient (Wildman–Crippen LogP) is 0.652. The third-order valence-electron chi connectivity index (χ3n) is 2.72. The van der Waals surface area contributed by atoms with E-state index >= 15 is 0 Å². The van der Waals surface area contributed by atoms with Crippen LogP contribution in [0.5, 0.6) is 0 Å². The van der Waals surface area contributed by atoms with E-state index in [1.165, 1.54) is 6.07 Å². The summed E-state index contributed by atoms with van der Waals surface area (Å²) in [5.74, 6) is 0. The van der Waals surface area contributed by atoms with E-state index in [0.717, 1.165) is 0 Å². The maximum atomic E-state index is 11.1. The number of rotatable bonds is 4. The van der Waals surface area contributed by atoms with Crippen molar-refractivity contribution in [1.82, 2.24) is 5.32 Å². The summed E-state index contributed by atoms with van der Waals surface area (Å²) >= 11 is 0. The number of carbonyl (C=O) groups excluding carboxylic acids is 1. The van der Waals surface area contributed by atoms with Gasteiger partial charge in [-0.05, 0) is 0 Å². The van der Waals surface area contributed by atoms with Crippen LogP contribution in [0.25, 0.3) is 0 Å². The maximum absolute atomic E-state index is 11.1. The van der Waals surface area contributed by atoms with Crippen molar-refractivity contribution in [2.24, 2.45) is 0 Å². The summed E-state index contributed by atoms with van der Waals surface area (Å²) in [7, 11) is 0. The number of ether oxygens (including phenoxy) is 1. The van der Waals surface area contributed by atoms with Crippen LogP contribution in [-0.2, 0) is 16.0 Å². The van der Waals surface area contributed by atoms with Crippen molar-refractivity contribution in [2.45, 2.75) is 12.1 Å². The second kappa shape index (κ2) is 4.60. The zero-order valence-corrected chi connectivity index (χ0v) is 9.09. The topological polar surface area (TPSA) is 81.5 Å². The maximum Gasteiger partial charge on any atom is 0.272 e. The van der Waals surface area contributed by atoms with Crippen LogP contribution in [0.3, 0.4) is 0 Å². The lowest BCUT2D eigenvalue weighted by Crippen LogP contribution is -2.45. The Bertz CT molecular complexity index is 441. The van der Waals surface area contributed by atoms with E-state index in [4.69, 9.17) is 4.74 Å². The van der Waals surface area contributed by atoms with E-state index in [1.54, 1.807) is 18.2 Å². The Morgan fingerprint density at radius 2 is 2.29 bits per heavy atom. The van der Waals surface area contributed by atoms with Gasteiger partial charge in [0, 0.05) is 24.6 Å². The SMILES string of the molecule is O=CC1(Cc2ccccc2[N+](=O)[O-])NCCO1. The smallest absolute Gasteiger partial charge is 0.272 e. The average molecular weight is 236 g/mol. The summed E-state index contributed by atoms with van der Waals surface area (Å²) in [4.78, 5) is 21.4. The molecule has 1 aliphatic rings. The first-order chi connectivity index (χ1) is 8.17. The highest BCUT2D eigenvalue weighted by Gasteiger charge is 2.36. The Hall–Kier alpha value is -1.79. The van der Waals surface area contributed by atoms with Crippen LogP contribution in [0, 0.1) is 10.1 Å². The minimum Gasteiger partial charge on any atom is -0.352 e. The lowest BCUT2D eigenvalue weighted by Gasteiger charge is -2.21. The van der Waals surface area contributed by atoms with Crippen LogP contribution >= 0.6 is 0 Å². The van der Waals surface area contributed by atoms with Crippen LogP contribution in [-0.4, -0.2) is 30.1 Å². The summed E-state index contributed by atoms with van der Waals surface area (Å²) in [6.45, 7) is 0.999. The molecule has 0 radical (unpaired) electrons. The summed E-state index contributed by atoms with van der Waals surface area (Å²) in [5.41, 5.74) is -0.628. The first-order valence-electron chi connectivity index (χ1n) is 5.24. The molecule has 1 saturated heterocycles. The zero-order chi connectivity index (χ0) is 12.3. The molecule has 0 bridgehead atoms. The van der Waals surface area contributed by atoms with E-state index in [1.807, 2.05) is 0 Å². The number of nitrogens with zero attached hydrogens (tertiary/aromatic N) is 1. The highest BCUT2D eigenvalue weighted by Crippen LogP contribution is 2.24. The second-order valence-electron chi connectivity index (χ2n) is 3.85. The van der Waals surface area contributed by atoms with Crippen molar-refractivity contribution in [1.29, 1.82) is 0 Å². The van der Waals surface area contributed by atoms with Crippen LogP contribution in [0.4, 0.5) is 5.69 Å². The molecule has 17 heavy (non-hydrogen) atoms. The molecule has 6 nitrogen and oxygen atoms in total. The summed E-state index contributed by atoms with van der Waals surface area (Å²) in [5, 5.41) is 13.8. The van der Waals surface area contributed by atoms with Crippen molar-refractivity contribution in [3.63, 3.8) is 0 Å². The molecule has 1 fully saturated rings. The average Bonchev–Trinajstić information content (AvgIpc) is 2.79. The fraction of sp³-hybridized carbons (Fsp3) is 0.364. The first-order valence-corrected chi connectivity index (χ1v) is 5.24. The van der Waals surface area contributed by atoms with E-state index in [0.29, 0.717) is 25.0 Å². The third kappa shape index (κ3) is 2.32. The number of benzene rings is 1. The molecule has 1 aromatic rings. The summed E-state index contributed by atoms with van der Waals surface area (Å²) in [6.07, 6.45) is 0.824. The molecule has 0 aromatic heterocycles. The fourth-order valence-corrected chi connectivity index (χ4v) is 1.90. The fourth-order valence-electron chi connectivity index (χ4n) is 1.90. The van der Waals surface area contributed by atoms with Gasteiger partial charge < -0.3 is 4.74 Å². The van der Waals surface area contributed by atoms with Crippen LogP contribution in [0.2, 0.25) is 0 Å². The second-order valence-corrected chi connectivity index (χ2v) is 3.85. The number of nitro benzene ring substituents is 1. The number of hydrogen-bond acceptors (Lipinski definition) is 5. The summed E-state index contributed by atoms with van der Waals surface area (Å²) < 4.78 is 5.33. The lowest BCUT2D eigenvalue weighted by atomic mass is 10.0. The normalized spacial score (nSPS) is 23.5. The highest BCUT2D eigenvalue weighted by atomic mass is 16.6. The Morgan fingerprint density at radius 3 is 2.88 bits per heavy atom. The number of hydrogen-bond donors (Lipinski definition) is 1. The van der Waals surface area contributed by atoms with Gasteiger partial charge in [0.25, 0.3) is 5.69 Å². The Morgan fingerprint density at radius 1 is 1.53 bits per heavy atom. The zero-order valence-electron chi connectivity index (χ0n) is 9.09. The Kier molecular flexibility index (Phi) is 3.16. The molecule has 1 heterocycles. The van der Waals surface area contributed by atoms with Crippen molar-refractivity contribution < 1.29 is 14.5 Å². The van der Waals surface area contributed by atoms with Gasteiger partial charge >= 0.3 is 0 Å². The molecule has 1 atom stereocenters. The molecular weight excluding hydrogens is 224 g/mol. The summed E-state index contributed by atoms with van der Waals surface area (Å²) in [6, 6.07) is 6.35. The van der Waals surface area contributed by atoms with Gasteiger partial charge in [0.15, 0.2) is 12.0 Å². The van der Waals surface area contributed by atoms with Crippen molar-refractivity contribution in [3.05, 3.63) is 39.9 Å². The molecule has 1 N–H and O–H groups in total. The van der Waals surface area contributed by atoms with Gasteiger partial charge in [0.2, 0.25) is 0 Å². The number of nitrogens with one attached hydrogen (secondary N) is 1. The van der Waals surface area contributed by atoms with Crippen molar-refractivity contribution in [2.75, 3.05) is 13.2 Å². The van der Waals surface area contributed by atoms with Gasteiger partial charge in [-0.15, -0.1) is 0 Å². The van der Waals surface area contributed by atoms with Gasteiger partial charge in [-0.2, -0.15) is 0 Å². The molecule has 1 aromatic carbocycles.